The number of alkyl halides is 3. The molecule has 3 rings (SSSR count). The number of anilines is 2. The van der Waals surface area contributed by atoms with Gasteiger partial charge in [-0.05, 0) is 35.4 Å². The molecule has 0 aliphatic carbocycles. The number of hydrogen-bond donors (Lipinski definition) is 4. The van der Waals surface area contributed by atoms with Crippen LogP contribution >= 0.6 is 11.6 Å². The highest BCUT2D eigenvalue weighted by Crippen LogP contribution is 2.32. The number of nitrogens with zero attached hydrogens (tertiary/aromatic N) is 4. The van der Waals surface area contributed by atoms with Crippen LogP contribution in [0.3, 0.4) is 0 Å². The Kier molecular flexibility index (Phi) is 6.72. The van der Waals surface area contributed by atoms with Crippen molar-refractivity contribution in [1.82, 2.24) is 14.9 Å². The van der Waals surface area contributed by atoms with E-state index in [9.17, 15) is 18.0 Å². The zero-order chi connectivity index (χ0) is 23.5. The SMILES string of the molecule is N/C=C\N=C(N)C(=O)N1CCc2nc(Cl)nc(NCc3cc(N)cc(C(F)(F)F)c3)c2C1. The van der Waals surface area contributed by atoms with Crippen LogP contribution in [0, 0.1) is 0 Å². The third-order valence-corrected chi connectivity index (χ3v) is 4.81. The molecule has 0 unspecified atom stereocenters. The maximum Gasteiger partial charge on any atom is 0.416 e. The first-order valence-electron chi connectivity index (χ1n) is 9.33. The Hall–Kier alpha value is -3.54. The third kappa shape index (κ3) is 5.38. The highest BCUT2D eigenvalue weighted by molar-refractivity contribution is 6.37. The molecular weight excluding hydrogens is 449 g/mol. The first-order valence-corrected chi connectivity index (χ1v) is 9.71. The summed E-state index contributed by atoms with van der Waals surface area (Å²) in [6, 6.07) is 3.29. The summed E-state index contributed by atoms with van der Waals surface area (Å²) < 4.78 is 39.2. The van der Waals surface area contributed by atoms with Gasteiger partial charge in [0.1, 0.15) is 5.82 Å². The average Bonchev–Trinajstić information content (AvgIpc) is 2.74. The number of benzene rings is 1. The summed E-state index contributed by atoms with van der Waals surface area (Å²) in [5, 5.41) is 2.95. The van der Waals surface area contributed by atoms with E-state index in [1.165, 1.54) is 17.2 Å². The summed E-state index contributed by atoms with van der Waals surface area (Å²) >= 11 is 6.01. The number of nitrogens with one attached hydrogen (secondary N) is 1. The quantitative estimate of drug-likeness (QED) is 0.232. The molecule has 13 heteroatoms. The summed E-state index contributed by atoms with van der Waals surface area (Å²) in [5.74, 6) is -0.440. The maximum absolute atomic E-state index is 13.1. The third-order valence-electron chi connectivity index (χ3n) is 4.64. The molecule has 0 fully saturated rings. The predicted molar refractivity (Wildman–Crippen MR) is 114 cm³/mol. The molecule has 32 heavy (non-hydrogen) atoms. The zero-order valence-corrected chi connectivity index (χ0v) is 17.4. The fourth-order valence-corrected chi connectivity index (χ4v) is 3.40. The Labute approximate surface area is 186 Å². The first-order chi connectivity index (χ1) is 15.1. The summed E-state index contributed by atoms with van der Waals surface area (Å²) in [5.41, 5.74) is 17.2. The Morgan fingerprint density at radius 2 is 2.06 bits per heavy atom. The van der Waals surface area contributed by atoms with Crippen LogP contribution in [0.15, 0.2) is 35.6 Å². The van der Waals surface area contributed by atoms with Crippen molar-refractivity contribution >= 4 is 34.8 Å². The van der Waals surface area contributed by atoms with E-state index in [-0.39, 0.29) is 29.9 Å². The second-order valence-corrected chi connectivity index (χ2v) is 7.25. The number of nitrogens with two attached hydrogens (primary N) is 3. The van der Waals surface area contributed by atoms with E-state index < -0.39 is 17.6 Å². The molecule has 1 amide bonds. The van der Waals surface area contributed by atoms with Gasteiger partial charge in [0, 0.05) is 43.2 Å². The van der Waals surface area contributed by atoms with Gasteiger partial charge in [-0.25, -0.2) is 15.0 Å². The van der Waals surface area contributed by atoms with E-state index in [1.54, 1.807) is 0 Å². The van der Waals surface area contributed by atoms with E-state index >= 15 is 0 Å². The van der Waals surface area contributed by atoms with Gasteiger partial charge in [-0.2, -0.15) is 13.2 Å². The summed E-state index contributed by atoms with van der Waals surface area (Å²) in [6.07, 6.45) is -1.80. The van der Waals surface area contributed by atoms with E-state index in [4.69, 9.17) is 28.8 Å². The summed E-state index contributed by atoms with van der Waals surface area (Å²) in [6.45, 7) is 0.430. The van der Waals surface area contributed by atoms with Crippen molar-refractivity contribution in [3.8, 4) is 0 Å². The molecule has 9 nitrogen and oxygen atoms in total. The van der Waals surface area contributed by atoms with E-state index in [2.05, 4.69) is 20.3 Å². The minimum atomic E-state index is -4.52. The lowest BCUT2D eigenvalue weighted by molar-refractivity contribution is -0.137. The van der Waals surface area contributed by atoms with Crippen molar-refractivity contribution in [2.45, 2.75) is 25.7 Å². The van der Waals surface area contributed by atoms with Gasteiger partial charge in [0.2, 0.25) is 5.28 Å². The minimum Gasteiger partial charge on any atom is -0.403 e. The van der Waals surface area contributed by atoms with Crippen LogP contribution in [0.4, 0.5) is 24.7 Å². The monoisotopic (exact) mass is 468 g/mol. The molecular formula is C19H20ClF3N8O. The molecule has 0 atom stereocenters. The highest BCUT2D eigenvalue weighted by Gasteiger charge is 2.31. The molecule has 0 bridgehead atoms. The molecule has 0 spiro atoms. The highest BCUT2D eigenvalue weighted by atomic mass is 35.5. The lowest BCUT2D eigenvalue weighted by Crippen LogP contribution is -2.43. The van der Waals surface area contributed by atoms with Gasteiger partial charge < -0.3 is 27.4 Å². The maximum atomic E-state index is 13.1. The van der Waals surface area contributed by atoms with Gasteiger partial charge in [0.15, 0.2) is 5.84 Å². The number of carbonyl (C=O) groups is 1. The van der Waals surface area contributed by atoms with Crippen molar-refractivity contribution < 1.29 is 18.0 Å². The number of rotatable bonds is 4. The fraction of sp³-hybridized carbons (Fsp3) is 0.263. The van der Waals surface area contributed by atoms with Crippen LogP contribution in [0.1, 0.15) is 22.4 Å². The Balaban J connectivity index is 1.84. The summed E-state index contributed by atoms with van der Waals surface area (Å²) in [4.78, 5) is 26.1. The van der Waals surface area contributed by atoms with Gasteiger partial charge in [-0.15, -0.1) is 0 Å². The van der Waals surface area contributed by atoms with Crippen LogP contribution in [-0.4, -0.2) is 33.2 Å². The average molecular weight is 469 g/mol. The summed E-state index contributed by atoms with van der Waals surface area (Å²) in [7, 11) is 0. The van der Waals surface area contributed by atoms with Crippen molar-refractivity contribution in [3.63, 3.8) is 0 Å². The number of carbonyl (C=O) groups excluding carboxylic acids is 1. The van der Waals surface area contributed by atoms with E-state index in [0.29, 0.717) is 35.6 Å². The number of nitrogen functional groups attached to an aromatic ring is 1. The minimum absolute atomic E-state index is 0.00720. The largest absolute Gasteiger partial charge is 0.416 e. The number of hydrogen-bond acceptors (Lipinski definition) is 7. The fourth-order valence-electron chi connectivity index (χ4n) is 3.21. The van der Waals surface area contributed by atoms with E-state index in [0.717, 1.165) is 18.3 Å². The first kappa shape index (κ1) is 23.1. The number of fused-ring (bicyclic) bond motifs is 1. The molecule has 170 valence electrons. The second-order valence-electron chi connectivity index (χ2n) is 6.91. The van der Waals surface area contributed by atoms with Gasteiger partial charge in [-0.1, -0.05) is 0 Å². The van der Waals surface area contributed by atoms with Gasteiger partial charge in [0.25, 0.3) is 5.91 Å². The van der Waals surface area contributed by atoms with Gasteiger partial charge in [0.05, 0.1) is 17.8 Å². The van der Waals surface area contributed by atoms with Crippen LogP contribution in [0.2, 0.25) is 5.28 Å². The van der Waals surface area contributed by atoms with Crippen molar-refractivity contribution in [1.29, 1.82) is 0 Å². The van der Waals surface area contributed by atoms with Crippen molar-refractivity contribution in [2.75, 3.05) is 17.6 Å². The molecule has 1 aromatic heterocycles. The van der Waals surface area contributed by atoms with Crippen LogP contribution < -0.4 is 22.5 Å². The molecule has 7 N–H and O–H groups in total. The van der Waals surface area contributed by atoms with Crippen molar-refractivity contribution in [3.05, 3.63) is 58.3 Å². The van der Waals surface area contributed by atoms with Crippen molar-refractivity contribution in [2.24, 2.45) is 16.5 Å². The topological polar surface area (TPSA) is 149 Å². The Bertz CT molecular complexity index is 1090. The lowest BCUT2D eigenvalue weighted by Gasteiger charge is -2.29. The Morgan fingerprint density at radius 3 is 2.75 bits per heavy atom. The smallest absolute Gasteiger partial charge is 0.403 e. The molecule has 2 aromatic rings. The van der Waals surface area contributed by atoms with E-state index in [1.807, 2.05) is 0 Å². The Morgan fingerprint density at radius 1 is 1.31 bits per heavy atom. The zero-order valence-electron chi connectivity index (χ0n) is 16.7. The number of amidine groups is 1. The number of aromatic nitrogens is 2. The molecule has 1 aliphatic heterocycles. The molecule has 1 aliphatic rings. The van der Waals surface area contributed by atoms with Crippen LogP contribution in [0.25, 0.3) is 0 Å². The molecule has 1 aromatic carbocycles. The van der Waals surface area contributed by atoms with Gasteiger partial charge in [-0.3, -0.25) is 4.79 Å². The number of amides is 1. The molecule has 0 saturated carbocycles. The second kappa shape index (κ2) is 9.30. The van der Waals surface area contributed by atoms with Gasteiger partial charge >= 0.3 is 6.18 Å². The normalized spacial score (nSPS) is 14.5. The lowest BCUT2D eigenvalue weighted by atomic mass is 10.1. The predicted octanol–water partition coefficient (Wildman–Crippen LogP) is 2.01. The van der Waals surface area contributed by atoms with Crippen LogP contribution in [0.5, 0.6) is 0 Å². The number of aliphatic imine (C=N–C) groups is 1. The molecule has 0 saturated heterocycles. The number of halogens is 4. The standard InChI is InChI=1S/C19H20ClF3N8O/c20-18-29-14-1-4-31(17(32)15(26)27-3-2-24)9-13(14)16(30-18)28-8-10-5-11(19(21,22)23)7-12(25)6-10/h2-3,5-7H,1,4,8-9,24-25H2,(H2,26,27)(H,28,29,30)/b3-2-. The molecule has 2 heterocycles. The molecule has 0 radical (unpaired) electrons. The van der Waals surface area contributed by atoms with Crippen LogP contribution in [-0.2, 0) is 30.5 Å².